The third-order valence-corrected chi connectivity index (χ3v) is 4.72. The lowest BCUT2D eigenvalue weighted by Crippen LogP contribution is -2.49. The molecular formula is C22H26N4O3. The summed E-state index contributed by atoms with van der Waals surface area (Å²) in [6.45, 7) is 7.69. The number of urea groups is 1. The van der Waals surface area contributed by atoms with Gasteiger partial charge >= 0.3 is 12.0 Å². The van der Waals surface area contributed by atoms with E-state index in [1.165, 1.54) is 0 Å². The fourth-order valence-corrected chi connectivity index (χ4v) is 3.39. The zero-order chi connectivity index (χ0) is 20.6. The van der Waals surface area contributed by atoms with E-state index in [2.05, 4.69) is 21.8 Å². The highest BCUT2D eigenvalue weighted by atomic mass is 16.5. The predicted octanol–water partition coefficient (Wildman–Crippen LogP) is 3.30. The van der Waals surface area contributed by atoms with E-state index in [1.807, 2.05) is 48.5 Å². The minimum Gasteiger partial charge on any atom is -0.466 e. The Morgan fingerprint density at radius 3 is 2.76 bits per heavy atom. The van der Waals surface area contributed by atoms with E-state index in [0.29, 0.717) is 26.2 Å². The van der Waals surface area contributed by atoms with E-state index >= 15 is 0 Å². The third-order valence-electron chi connectivity index (χ3n) is 4.72. The van der Waals surface area contributed by atoms with Gasteiger partial charge in [-0.25, -0.2) is 9.78 Å². The van der Waals surface area contributed by atoms with Crippen LogP contribution in [0, 0.1) is 0 Å². The van der Waals surface area contributed by atoms with Crippen LogP contribution in [0.2, 0.25) is 0 Å². The van der Waals surface area contributed by atoms with E-state index in [4.69, 9.17) is 4.74 Å². The number of fused-ring (bicyclic) bond motifs is 1. The van der Waals surface area contributed by atoms with Crippen LogP contribution in [-0.2, 0) is 9.53 Å². The molecule has 0 spiro atoms. The Labute approximate surface area is 171 Å². The lowest BCUT2D eigenvalue weighted by molar-refractivity contribution is -0.143. The number of ether oxygens (including phenoxy) is 1. The van der Waals surface area contributed by atoms with Crippen molar-refractivity contribution in [3.05, 3.63) is 66.9 Å². The molecule has 1 N–H and O–H groups in total. The van der Waals surface area contributed by atoms with Crippen molar-refractivity contribution in [2.45, 2.75) is 19.4 Å². The Bertz CT molecular complexity index is 856. The average Bonchev–Trinajstić information content (AvgIpc) is 2.74. The number of amides is 2. The van der Waals surface area contributed by atoms with Crippen LogP contribution in [0.4, 0.5) is 16.3 Å². The maximum absolute atomic E-state index is 13.1. The fourth-order valence-electron chi connectivity index (χ4n) is 3.39. The number of carbonyl (C=O) groups is 2. The Hall–Kier alpha value is -3.35. The van der Waals surface area contributed by atoms with E-state index < -0.39 is 6.04 Å². The standard InChI is InChI=1S/C22H26N4O3/c1-3-13-25-14-15-26(19-11-8-12-23-21(19)25)22(28)24-18(16-20(27)29-4-2)17-9-6-5-7-10-17/h3,5-12,18H,1,4,13-16H2,2H3,(H,24,28)/t18-/m1/s1. The van der Waals surface area contributed by atoms with Crippen molar-refractivity contribution in [2.24, 2.45) is 0 Å². The van der Waals surface area contributed by atoms with Crippen LogP contribution in [0.15, 0.2) is 61.3 Å². The van der Waals surface area contributed by atoms with Crippen LogP contribution in [0.3, 0.4) is 0 Å². The summed E-state index contributed by atoms with van der Waals surface area (Å²) in [7, 11) is 0. The number of esters is 1. The second-order valence-electron chi connectivity index (χ2n) is 6.65. The van der Waals surface area contributed by atoms with Crippen molar-refractivity contribution in [1.29, 1.82) is 0 Å². The molecule has 2 amide bonds. The summed E-state index contributed by atoms with van der Waals surface area (Å²) in [5.41, 5.74) is 1.59. The van der Waals surface area contributed by atoms with Gasteiger partial charge < -0.3 is 15.0 Å². The van der Waals surface area contributed by atoms with Gasteiger partial charge in [0.1, 0.15) is 0 Å². The maximum Gasteiger partial charge on any atom is 0.322 e. The molecule has 0 bridgehead atoms. The highest BCUT2D eigenvalue weighted by Gasteiger charge is 2.29. The van der Waals surface area contributed by atoms with Crippen LogP contribution < -0.4 is 15.1 Å². The van der Waals surface area contributed by atoms with Gasteiger partial charge in [0.05, 0.1) is 24.8 Å². The Balaban J connectivity index is 1.81. The molecule has 0 unspecified atom stereocenters. The van der Waals surface area contributed by atoms with Gasteiger partial charge in [0, 0.05) is 25.8 Å². The summed E-state index contributed by atoms with van der Waals surface area (Å²) in [6.07, 6.45) is 3.60. The van der Waals surface area contributed by atoms with Crippen molar-refractivity contribution in [2.75, 3.05) is 36.0 Å². The quantitative estimate of drug-likeness (QED) is 0.576. The molecule has 7 nitrogen and oxygen atoms in total. The SMILES string of the molecule is C=CCN1CCN(C(=O)N[C@H](CC(=O)OCC)c2ccccc2)c2cccnc21. The molecule has 2 aromatic rings. The molecule has 1 aromatic carbocycles. The zero-order valence-electron chi connectivity index (χ0n) is 16.6. The average molecular weight is 394 g/mol. The van der Waals surface area contributed by atoms with Gasteiger partial charge in [-0.05, 0) is 24.6 Å². The number of hydrogen-bond acceptors (Lipinski definition) is 5. The fraction of sp³-hybridized carbons (Fsp3) is 0.318. The van der Waals surface area contributed by atoms with Gasteiger partial charge in [0.25, 0.3) is 0 Å². The van der Waals surface area contributed by atoms with Crippen LogP contribution in [-0.4, -0.2) is 43.2 Å². The second kappa shape index (κ2) is 9.73. The van der Waals surface area contributed by atoms with E-state index in [-0.39, 0.29) is 18.4 Å². The summed E-state index contributed by atoms with van der Waals surface area (Å²) in [4.78, 5) is 33.4. The molecule has 29 heavy (non-hydrogen) atoms. The molecular weight excluding hydrogens is 368 g/mol. The lowest BCUT2D eigenvalue weighted by atomic mass is 10.0. The Morgan fingerprint density at radius 2 is 2.03 bits per heavy atom. The number of pyridine rings is 1. The first-order chi connectivity index (χ1) is 14.1. The van der Waals surface area contributed by atoms with Crippen LogP contribution >= 0.6 is 0 Å². The number of hydrogen-bond donors (Lipinski definition) is 1. The van der Waals surface area contributed by atoms with Gasteiger partial charge in [-0.3, -0.25) is 9.69 Å². The number of nitrogens with zero attached hydrogens (tertiary/aromatic N) is 3. The third kappa shape index (κ3) is 4.93. The first-order valence-corrected chi connectivity index (χ1v) is 9.73. The summed E-state index contributed by atoms with van der Waals surface area (Å²) < 4.78 is 5.09. The number of benzene rings is 1. The molecule has 1 aliphatic rings. The highest BCUT2D eigenvalue weighted by Crippen LogP contribution is 2.31. The minimum atomic E-state index is -0.478. The lowest BCUT2D eigenvalue weighted by Gasteiger charge is -2.36. The number of aromatic nitrogens is 1. The second-order valence-corrected chi connectivity index (χ2v) is 6.65. The highest BCUT2D eigenvalue weighted by molar-refractivity contribution is 5.96. The van der Waals surface area contributed by atoms with Gasteiger partial charge in [-0.15, -0.1) is 6.58 Å². The first-order valence-electron chi connectivity index (χ1n) is 9.73. The molecule has 0 radical (unpaired) electrons. The normalized spacial score (nSPS) is 14.0. The summed E-state index contributed by atoms with van der Waals surface area (Å²) in [6, 6.07) is 12.4. The van der Waals surface area contributed by atoms with Gasteiger partial charge in [0.15, 0.2) is 5.82 Å². The number of carbonyl (C=O) groups excluding carboxylic acids is 2. The van der Waals surface area contributed by atoms with Crippen molar-refractivity contribution in [3.63, 3.8) is 0 Å². The Kier molecular flexibility index (Phi) is 6.84. The predicted molar refractivity (Wildman–Crippen MR) is 113 cm³/mol. The Morgan fingerprint density at radius 1 is 1.24 bits per heavy atom. The molecule has 7 heteroatoms. The van der Waals surface area contributed by atoms with Crippen molar-refractivity contribution in [3.8, 4) is 0 Å². The molecule has 1 aliphatic heterocycles. The molecule has 152 valence electrons. The molecule has 3 rings (SSSR count). The molecule has 1 aromatic heterocycles. The van der Waals surface area contributed by atoms with E-state index in [9.17, 15) is 9.59 Å². The van der Waals surface area contributed by atoms with Gasteiger partial charge in [-0.2, -0.15) is 0 Å². The molecule has 0 aliphatic carbocycles. The van der Waals surface area contributed by atoms with Crippen LogP contribution in [0.5, 0.6) is 0 Å². The van der Waals surface area contributed by atoms with Crippen LogP contribution in [0.1, 0.15) is 24.9 Å². The largest absolute Gasteiger partial charge is 0.466 e. The van der Waals surface area contributed by atoms with E-state index in [1.54, 1.807) is 18.0 Å². The molecule has 1 atom stereocenters. The zero-order valence-corrected chi connectivity index (χ0v) is 16.6. The summed E-state index contributed by atoms with van der Waals surface area (Å²) in [5.74, 6) is 0.398. The summed E-state index contributed by atoms with van der Waals surface area (Å²) in [5, 5.41) is 3.00. The molecule has 0 saturated carbocycles. The van der Waals surface area contributed by atoms with E-state index in [0.717, 1.165) is 17.1 Å². The number of anilines is 2. The maximum atomic E-state index is 13.1. The summed E-state index contributed by atoms with van der Waals surface area (Å²) >= 11 is 0. The van der Waals surface area contributed by atoms with Crippen molar-refractivity contribution < 1.29 is 14.3 Å². The van der Waals surface area contributed by atoms with Crippen molar-refractivity contribution >= 4 is 23.5 Å². The van der Waals surface area contributed by atoms with Gasteiger partial charge in [0.2, 0.25) is 0 Å². The molecule has 0 fully saturated rings. The first kappa shape index (κ1) is 20.4. The van der Waals surface area contributed by atoms with Gasteiger partial charge in [-0.1, -0.05) is 36.4 Å². The molecule has 0 saturated heterocycles. The van der Waals surface area contributed by atoms with Crippen molar-refractivity contribution in [1.82, 2.24) is 10.3 Å². The number of rotatable bonds is 7. The smallest absolute Gasteiger partial charge is 0.322 e. The molecule has 2 heterocycles. The number of nitrogens with one attached hydrogen (secondary N) is 1. The topological polar surface area (TPSA) is 74.8 Å². The monoisotopic (exact) mass is 394 g/mol. The minimum absolute atomic E-state index is 0.0694. The van der Waals surface area contributed by atoms with Crippen LogP contribution in [0.25, 0.3) is 0 Å².